The lowest BCUT2D eigenvalue weighted by Gasteiger charge is -2.27. The van der Waals surface area contributed by atoms with Crippen LogP contribution in [0.5, 0.6) is 0 Å². The lowest BCUT2D eigenvalue weighted by molar-refractivity contribution is 0.330. The van der Waals surface area contributed by atoms with Crippen molar-refractivity contribution in [2.24, 2.45) is 5.41 Å². The first kappa shape index (κ1) is 16.2. The Kier molecular flexibility index (Phi) is 5.77. The molecule has 98 valence electrons. The highest BCUT2D eigenvalue weighted by Crippen LogP contribution is 2.23. The molecule has 0 saturated carbocycles. The van der Waals surface area contributed by atoms with Gasteiger partial charge in [-0.15, -0.1) is 11.6 Å². The third-order valence-corrected chi connectivity index (χ3v) is 4.94. The van der Waals surface area contributed by atoms with E-state index in [1.165, 1.54) is 0 Å². The summed E-state index contributed by atoms with van der Waals surface area (Å²) in [7, 11) is -3.24. The summed E-state index contributed by atoms with van der Waals surface area (Å²) in [5.41, 5.74) is -0.0484. The van der Waals surface area contributed by atoms with Crippen molar-refractivity contribution in [2.75, 3.05) is 12.4 Å². The average Bonchev–Trinajstić information content (AvgIpc) is 2.10. The second kappa shape index (κ2) is 5.69. The maximum atomic E-state index is 11.8. The number of hydrogen-bond donors (Lipinski definition) is 1. The van der Waals surface area contributed by atoms with E-state index in [2.05, 4.69) is 4.72 Å². The number of rotatable bonds is 6. The fraction of sp³-hybridized carbons (Fsp3) is 1.00. The van der Waals surface area contributed by atoms with Crippen LogP contribution in [0.3, 0.4) is 0 Å². The summed E-state index contributed by atoms with van der Waals surface area (Å²) in [6.07, 6.45) is 1.83. The van der Waals surface area contributed by atoms with E-state index in [9.17, 15) is 8.42 Å². The largest absolute Gasteiger partial charge is 0.216 e. The molecule has 3 nitrogen and oxygen atoms in total. The minimum absolute atomic E-state index is 0.0484. The van der Waals surface area contributed by atoms with Gasteiger partial charge in [-0.05, 0) is 39.0 Å². The van der Waals surface area contributed by atoms with E-state index in [4.69, 9.17) is 11.6 Å². The van der Waals surface area contributed by atoms with Crippen LogP contribution in [-0.2, 0) is 10.0 Å². The zero-order chi connectivity index (χ0) is 13.0. The van der Waals surface area contributed by atoms with Crippen LogP contribution < -0.4 is 4.72 Å². The molecule has 1 N–H and O–H groups in total. The van der Waals surface area contributed by atoms with Crippen LogP contribution in [-0.4, -0.2) is 25.6 Å². The smallest absolute Gasteiger partial charge is 0.214 e. The van der Waals surface area contributed by atoms with Gasteiger partial charge in [-0.2, -0.15) is 0 Å². The number of sulfonamides is 1. The normalized spacial score (nSPS) is 14.1. The van der Waals surface area contributed by atoms with Gasteiger partial charge >= 0.3 is 0 Å². The molecule has 0 saturated heterocycles. The highest BCUT2D eigenvalue weighted by Gasteiger charge is 2.30. The Labute approximate surface area is 105 Å². The molecule has 0 bridgehead atoms. The van der Waals surface area contributed by atoms with Gasteiger partial charge in [0.2, 0.25) is 10.0 Å². The van der Waals surface area contributed by atoms with Gasteiger partial charge in [-0.1, -0.05) is 13.8 Å². The second-order valence-corrected chi connectivity index (χ2v) is 8.79. The van der Waals surface area contributed by atoms with Crippen LogP contribution in [0.4, 0.5) is 0 Å². The molecule has 0 aromatic carbocycles. The average molecular weight is 270 g/mol. The Bertz CT molecular complexity index is 304. The van der Waals surface area contributed by atoms with Crippen LogP contribution in [0, 0.1) is 5.41 Å². The molecular formula is C11H24ClNO2S. The first-order chi connectivity index (χ1) is 7.02. The van der Waals surface area contributed by atoms with Gasteiger partial charge in [0, 0.05) is 12.4 Å². The Hall–Kier alpha value is 0.200. The molecule has 0 amide bonds. The lowest BCUT2D eigenvalue weighted by Crippen LogP contribution is -2.43. The molecule has 5 heteroatoms. The zero-order valence-corrected chi connectivity index (χ0v) is 12.5. The van der Waals surface area contributed by atoms with E-state index in [-0.39, 0.29) is 5.41 Å². The van der Waals surface area contributed by atoms with Crippen molar-refractivity contribution in [3.05, 3.63) is 0 Å². The lowest BCUT2D eigenvalue weighted by atomic mass is 9.88. The molecule has 0 atom stereocenters. The van der Waals surface area contributed by atoms with Gasteiger partial charge < -0.3 is 0 Å². The van der Waals surface area contributed by atoms with Crippen molar-refractivity contribution in [2.45, 2.75) is 52.2 Å². The highest BCUT2D eigenvalue weighted by molar-refractivity contribution is 7.90. The number of alkyl halides is 1. The predicted molar refractivity (Wildman–Crippen MR) is 70.4 cm³/mol. The summed E-state index contributed by atoms with van der Waals surface area (Å²) in [6, 6.07) is 0. The maximum absolute atomic E-state index is 11.8. The Morgan fingerprint density at radius 2 is 1.62 bits per heavy atom. The second-order valence-electron chi connectivity index (χ2n) is 5.89. The van der Waals surface area contributed by atoms with Gasteiger partial charge in [-0.25, -0.2) is 13.1 Å². The summed E-state index contributed by atoms with van der Waals surface area (Å²) >= 11 is 5.63. The van der Waals surface area contributed by atoms with Crippen molar-refractivity contribution >= 4 is 21.6 Å². The van der Waals surface area contributed by atoms with E-state index < -0.39 is 14.8 Å². The minimum Gasteiger partial charge on any atom is -0.214 e. The molecule has 0 heterocycles. The molecule has 0 rings (SSSR count). The van der Waals surface area contributed by atoms with Gasteiger partial charge in [0.15, 0.2) is 0 Å². The van der Waals surface area contributed by atoms with E-state index in [1.807, 2.05) is 13.8 Å². The SMILES string of the molecule is CC(C)(CCCCl)CNS(=O)(=O)C(C)(C)C. The van der Waals surface area contributed by atoms with Crippen LogP contribution >= 0.6 is 11.6 Å². The fourth-order valence-corrected chi connectivity index (χ4v) is 2.29. The van der Waals surface area contributed by atoms with Crippen LogP contribution in [0.25, 0.3) is 0 Å². The Morgan fingerprint density at radius 1 is 1.12 bits per heavy atom. The van der Waals surface area contributed by atoms with Crippen LogP contribution in [0.15, 0.2) is 0 Å². The minimum atomic E-state index is -3.24. The quantitative estimate of drug-likeness (QED) is 0.754. The predicted octanol–water partition coefficient (Wildman–Crippen LogP) is 2.75. The van der Waals surface area contributed by atoms with Crippen molar-refractivity contribution in [1.82, 2.24) is 4.72 Å². The summed E-state index contributed by atoms with van der Waals surface area (Å²) in [6.45, 7) is 9.64. The molecule has 0 aliphatic rings. The number of nitrogens with one attached hydrogen (secondary N) is 1. The molecule has 0 spiro atoms. The van der Waals surface area contributed by atoms with Gasteiger partial charge in [-0.3, -0.25) is 0 Å². The first-order valence-electron chi connectivity index (χ1n) is 5.57. The van der Waals surface area contributed by atoms with E-state index in [0.29, 0.717) is 12.4 Å². The van der Waals surface area contributed by atoms with Crippen molar-refractivity contribution in [1.29, 1.82) is 0 Å². The monoisotopic (exact) mass is 269 g/mol. The van der Waals surface area contributed by atoms with Crippen molar-refractivity contribution < 1.29 is 8.42 Å². The highest BCUT2D eigenvalue weighted by atomic mass is 35.5. The molecule has 0 aromatic heterocycles. The number of hydrogen-bond acceptors (Lipinski definition) is 2. The molecule has 0 unspecified atom stereocenters. The maximum Gasteiger partial charge on any atom is 0.216 e. The third kappa shape index (κ3) is 5.51. The van der Waals surface area contributed by atoms with E-state index in [1.54, 1.807) is 20.8 Å². The molecule has 0 aliphatic carbocycles. The van der Waals surface area contributed by atoms with Crippen LogP contribution in [0.1, 0.15) is 47.5 Å². The van der Waals surface area contributed by atoms with Gasteiger partial charge in [0.05, 0.1) is 4.75 Å². The fourth-order valence-electron chi connectivity index (χ4n) is 1.14. The first-order valence-corrected chi connectivity index (χ1v) is 7.59. The van der Waals surface area contributed by atoms with E-state index >= 15 is 0 Å². The molecule has 0 fully saturated rings. The Morgan fingerprint density at radius 3 is 2.00 bits per heavy atom. The van der Waals surface area contributed by atoms with Crippen molar-refractivity contribution in [3.63, 3.8) is 0 Å². The molecule has 16 heavy (non-hydrogen) atoms. The topological polar surface area (TPSA) is 46.2 Å². The van der Waals surface area contributed by atoms with Gasteiger partial charge in [0.25, 0.3) is 0 Å². The zero-order valence-electron chi connectivity index (χ0n) is 10.9. The summed E-state index contributed by atoms with van der Waals surface area (Å²) in [5, 5.41) is 0. The van der Waals surface area contributed by atoms with E-state index in [0.717, 1.165) is 12.8 Å². The van der Waals surface area contributed by atoms with Crippen molar-refractivity contribution in [3.8, 4) is 0 Å². The Balaban J connectivity index is 4.35. The summed E-state index contributed by atoms with van der Waals surface area (Å²) in [4.78, 5) is 0. The van der Waals surface area contributed by atoms with Crippen LogP contribution in [0.2, 0.25) is 0 Å². The molecule has 0 radical (unpaired) electrons. The third-order valence-electron chi connectivity index (χ3n) is 2.53. The van der Waals surface area contributed by atoms with Gasteiger partial charge in [0.1, 0.15) is 0 Å². The molecule has 0 aliphatic heterocycles. The molecular weight excluding hydrogens is 246 g/mol. The molecule has 0 aromatic rings. The summed E-state index contributed by atoms with van der Waals surface area (Å²) < 4.78 is 25.6. The number of halogens is 1. The summed E-state index contributed by atoms with van der Waals surface area (Å²) in [5.74, 6) is 0.620. The standard InChI is InChI=1S/C11H24ClNO2S/c1-10(2,3)16(14,15)13-9-11(4,5)7-6-8-12/h13H,6-9H2,1-5H3.